The molecule has 0 saturated heterocycles. The lowest BCUT2D eigenvalue weighted by Gasteiger charge is -2.53. The minimum atomic E-state index is 0.380. The van der Waals surface area contributed by atoms with Crippen LogP contribution >= 0.6 is 0 Å². The molecule has 20 heavy (non-hydrogen) atoms. The molecular weight excluding hydrogens is 244 g/mol. The highest BCUT2D eigenvalue weighted by Gasteiger charge is 2.51. The van der Waals surface area contributed by atoms with Crippen LogP contribution in [0.15, 0.2) is 11.1 Å². The zero-order valence-corrected chi connectivity index (χ0v) is 13.1. The third-order valence-electron chi connectivity index (χ3n) is 7.59. The molecule has 4 aliphatic rings. The van der Waals surface area contributed by atoms with Gasteiger partial charge in [-0.05, 0) is 67.6 Å². The smallest absolute Gasteiger partial charge is 0.133 e. The summed E-state index contributed by atoms with van der Waals surface area (Å²) in [6.07, 6.45) is 12.5. The fraction of sp³-hybridized carbons (Fsp3) is 0.842. The third-order valence-corrected chi connectivity index (χ3v) is 7.59. The summed E-state index contributed by atoms with van der Waals surface area (Å²) in [7, 11) is 0. The maximum absolute atomic E-state index is 11.8. The Balaban J connectivity index is 1.75. The highest BCUT2D eigenvalue weighted by atomic mass is 16.1. The van der Waals surface area contributed by atoms with E-state index in [1.807, 2.05) is 11.1 Å². The first kappa shape index (κ1) is 13.1. The topological polar surface area (TPSA) is 17.1 Å². The maximum Gasteiger partial charge on any atom is 0.133 e. The van der Waals surface area contributed by atoms with Crippen LogP contribution < -0.4 is 0 Å². The van der Waals surface area contributed by atoms with Crippen LogP contribution in [0.4, 0.5) is 0 Å². The fourth-order valence-corrected chi connectivity index (χ4v) is 6.24. The van der Waals surface area contributed by atoms with Gasteiger partial charge in [-0.15, -0.1) is 0 Å². The molecule has 0 aliphatic heterocycles. The molecule has 4 atom stereocenters. The van der Waals surface area contributed by atoms with Gasteiger partial charge in [0.2, 0.25) is 0 Å². The molecule has 0 radical (unpaired) electrons. The van der Waals surface area contributed by atoms with Crippen molar-refractivity contribution in [2.75, 3.05) is 0 Å². The lowest BCUT2D eigenvalue weighted by molar-refractivity contribution is -0.124. The van der Waals surface area contributed by atoms with Gasteiger partial charge in [0, 0.05) is 12.8 Å². The van der Waals surface area contributed by atoms with Crippen molar-refractivity contribution < 1.29 is 4.79 Å². The molecule has 0 aromatic carbocycles. The summed E-state index contributed by atoms with van der Waals surface area (Å²) in [6.45, 7) is 5.05. The van der Waals surface area contributed by atoms with E-state index in [2.05, 4.69) is 13.8 Å². The van der Waals surface area contributed by atoms with E-state index in [9.17, 15) is 4.79 Å². The second kappa shape index (κ2) is 4.21. The molecule has 0 N–H and O–H groups in total. The number of Topliss-reactive ketones (excluding diaryl/α,β-unsaturated/α-hetero) is 1. The number of ketones is 1. The van der Waals surface area contributed by atoms with Crippen LogP contribution in [0.2, 0.25) is 0 Å². The van der Waals surface area contributed by atoms with E-state index in [1.54, 1.807) is 0 Å². The summed E-state index contributed by atoms with van der Waals surface area (Å²) in [5, 5.41) is 0. The summed E-state index contributed by atoms with van der Waals surface area (Å²) in [4.78, 5) is 11.8. The quantitative estimate of drug-likeness (QED) is 0.564. The number of hydrogen-bond donors (Lipinski definition) is 0. The number of hydrogen-bond acceptors (Lipinski definition) is 1. The first-order valence-electron chi connectivity index (χ1n) is 8.77. The van der Waals surface area contributed by atoms with Crippen molar-refractivity contribution in [2.24, 2.45) is 22.7 Å². The van der Waals surface area contributed by atoms with Crippen molar-refractivity contribution in [3.8, 4) is 0 Å². The largest absolute Gasteiger partial charge is 0.300 e. The summed E-state index contributed by atoms with van der Waals surface area (Å²) in [6, 6.07) is 0. The molecule has 2 unspecified atom stereocenters. The number of carbonyl (C=O) groups excluding carboxylic acids is 1. The predicted molar refractivity (Wildman–Crippen MR) is 81.4 cm³/mol. The molecule has 0 spiro atoms. The Labute approximate surface area is 123 Å². The van der Waals surface area contributed by atoms with Crippen LogP contribution in [-0.2, 0) is 4.79 Å². The molecule has 1 heteroatoms. The zero-order chi connectivity index (χ0) is 14.0. The van der Waals surface area contributed by atoms with Crippen molar-refractivity contribution in [2.45, 2.75) is 78.1 Å². The zero-order valence-electron chi connectivity index (χ0n) is 13.1. The Bertz CT molecular complexity index is 488. The van der Waals surface area contributed by atoms with Crippen LogP contribution in [0, 0.1) is 22.7 Å². The van der Waals surface area contributed by atoms with Gasteiger partial charge in [-0.2, -0.15) is 0 Å². The average molecular weight is 272 g/mol. The van der Waals surface area contributed by atoms with E-state index in [0.717, 1.165) is 25.2 Å². The Morgan fingerprint density at radius 1 is 1.00 bits per heavy atom. The Morgan fingerprint density at radius 2 is 1.85 bits per heavy atom. The van der Waals surface area contributed by atoms with E-state index in [1.165, 1.54) is 44.9 Å². The predicted octanol–water partition coefficient (Wildman–Crippen LogP) is 5.05. The second-order valence-electron chi connectivity index (χ2n) is 8.50. The van der Waals surface area contributed by atoms with Gasteiger partial charge in [-0.25, -0.2) is 0 Å². The summed E-state index contributed by atoms with van der Waals surface area (Å²) >= 11 is 0. The molecule has 4 aliphatic carbocycles. The minimum Gasteiger partial charge on any atom is -0.300 e. The van der Waals surface area contributed by atoms with Crippen molar-refractivity contribution in [1.29, 1.82) is 0 Å². The Hall–Kier alpha value is -0.590. The monoisotopic (exact) mass is 272 g/mol. The van der Waals surface area contributed by atoms with E-state index >= 15 is 0 Å². The Morgan fingerprint density at radius 3 is 2.70 bits per heavy atom. The van der Waals surface area contributed by atoms with Gasteiger partial charge in [0.15, 0.2) is 0 Å². The summed E-state index contributed by atoms with van der Waals surface area (Å²) in [5.41, 5.74) is 4.69. The van der Waals surface area contributed by atoms with Crippen LogP contribution in [-0.4, -0.2) is 5.78 Å². The lowest BCUT2D eigenvalue weighted by Crippen LogP contribution is -2.43. The normalized spacial score (nSPS) is 47.8. The minimum absolute atomic E-state index is 0.380. The van der Waals surface area contributed by atoms with E-state index in [-0.39, 0.29) is 0 Å². The van der Waals surface area contributed by atoms with Crippen molar-refractivity contribution >= 4 is 5.78 Å². The van der Waals surface area contributed by atoms with Gasteiger partial charge in [0.05, 0.1) is 0 Å². The van der Waals surface area contributed by atoms with Crippen molar-refractivity contribution in [1.82, 2.24) is 0 Å². The number of rotatable bonds is 0. The number of allylic oxidation sites excluding steroid dienone is 2. The number of carbonyl (C=O) groups is 1. The summed E-state index contributed by atoms with van der Waals surface area (Å²) in [5.74, 6) is 2.08. The highest BCUT2D eigenvalue weighted by molar-refractivity contribution is 5.80. The Kier molecular flexibility index (Phi) is 2.76. The first-order chi connectivity index (χ1) is 9.53. The molecule has 1 nitrogen and oxygen atoms in total. The van der Waals surface area contributed by atoms with Crippen LogP contribution in [0.5, 0.6) is 0 Å². The molecular formula is C19H28O. The molecule has 2 saturated carbocycles. The molecule has 0 aromatic heterocycles. The second-order valence-corrected chi connectivity index (χ2v) is 8.50. The maximum atomic E-state index is 11.8. The number of fused-ring (bicyclic) bond motifs is 4. The molecule has 0 bridgehead atoms. The molecule has 0 aromatic rings. The van der Waals surface area contributed by atoms with Gasteiger partial charge in [0.25, 0.3) is 0 Å². The van der Waals surface area contributed by atoms with E-state index in [4.69, 9.17) is 0 Å². The lowest BCUT2D eigenvalue weighted by atomic mass is 9.52. The van der Waals surface area contributed by atoms with Crippen molar-refractivity contribution in [3.05, 3.63) is 11.1 Å². The van der Waals surface area contributed by atoms with Crippen LogP contribution in [0.1, 0.15) is 78.1 Å². The van der Waals surface area contributed by atoms with Gasteiger partial charge in [0.1, 0.15) is 5.78 Å². The standard InChI is InChI=1S/C19H28O/c1-18-9-3-4-16(18)15-6-5-13-12-14(20)7-11-19(13,2)17(15)8-10-18/h13,16H,3-12H2,1-2H3/t13-,16-,18?,19?/m1/s1. The van der Waals surface area contributed by atoms with Gasteiger partial charge >= 0.3 is 0 Å². The molecule has 0 heterocycles. The van der Waals surface area contributed by atoms with E-state index < -0.39 is 0 Å². The fourth-order valence-electron chi connectivity index (χ4n) is 6.24. The molecule has 110 valence electrons. The highest BCUT2D eigenvalue weighted by Crippen LogP contribution is 2.63. The van der Waals surface area contributed by atoms with Crippen LogP contribution in [0.25, 0.3) is 0 Å². The molecule has 4 rings (SSSR count). The average Bonchev–Trinajstić information content (AvgIpc) is 2.81. The van der Waals surface area contributed by atoms with E-state index in [0.29, 0.717) is 22.5 Å². The summed E-state index contributed by atoms with van der Waals surface area (Å²) < 4.78 is 0. The van der Waals surface area contributed by atoms with Crippen molar-refractivity contribution in [3.63, 3.8) is 0 Å². The molecule has 0 amide bonds. The molecule has 2 fully saturated rings. The third kappa shape index (κ3) is 1.64. The first-order valence-corrected chi connectivity index (χ1v) is 8.77. The van der Waals surface area contributed by atoms with Crippen LogP contribution in [0.3, 0.4) is 0 Å². The SMILES string of the molecule is CC12CCC[C@@H]1C1=C(CC2)C2(C)CCC(=O)C[C@H]2CC1. The van der Waals surface area contributed by atoms with Gasteiger partial charge < -0.3 is 0 Å². The van der Waals surface area contributed by atoms with Gasteiger partial charge in [-0.3, -0.25) is 4.79 Å². The van der Waals surface area contributed by atoms with Gasteiger partial charge in [-0.1, -0.05) is 31.4 Å².